The van der Waals surface area contributed by atoms with Crippen LogP contribution in [0.2, 0.25) is 0 Å². The summed E-state index contributed by atoms with van der Waals surface area (Å²) < 4.78 is 0. The van der Waals surface area contributed by atoms with E-state index in [1.165, 1.54) is 0 Å². The van der Waals surface area contributed by atoms with Gasteiger partial charge in [-0.15, -0.1) is 0 Å². The molecule has 0 saturated heterocycles. The monoisotopic (exact) mass is 268 g/mol. The van der Waals surface area contributed by atoms with Gasteiger partial charge in [-0.1, -0.05) is 0 Å². The van der Waals surface area contributed by atoms with Gasteiger partial charge in [0.05, 0.1) is 6.61 Å². The van der Waals surface area contributed by atoms with Gasteiger partial charge in [-0.2, -0.15) is 0 Å². The molecule has 0 amide bonds. The van der Waals surface area contributed by atoms with E-state index >= 15 is 0 Å². The van der Waals surface area contributed by atoms with Gasteiger partial charge >= 0.3 is 14.2 Å². The predicted molar refractivity (Wildman–Crippen MR) is 55.4 cm³/mol. The van der Waals surface area contributed by atoms with Crippen molar-refractivity contribution in [3.05, 3.63) is 0 Å². The maximum atomic E-state index is 11.2. The molecule has 12 heteroatoms. The molecule has 18 heavy (non-hydrogen) atoms. The fraction of sp³-hybridized carbons (Fsp3) is 0.833. The van der Waals surface area contributed by atoms with Crippen molar-refractivity contribution in [3.8, 4) is 0 Å². The molecule has 0 spiro atoms. The van der Waals surface area contributed by atoms with Crippen molar-refractivity contribution >= 4 is 19.9 Å². The Morgan fingerprint density at radius 3 is 1.83 bits per heavy atom. The van der Waals surface area contributed by atoms with Crippen LogP contribution in [0, 0.1) is 0 Å². The van der Waals surface area contributed by atoms with E-state index in [1.54, 1.807) is 0 Å². The maximum Gasteiger partial charge on any atom is 0.529 e. The lowest BCUT2D eigenvalue weighted by Gasteiger charge is -2.34. The van der Waals surface area contributed by atoms with Crippen LogP contribution < -0.4 is 0 Å². The van der Waals surface area contributed by atoms with E-state index in [0.717, 1.165) is 0 Å². The minimum atomic E-state index is -3.55. The fourth-order valence-corrected chi connectivity index (χ4v) is 1.21. The van der Waals surface area contributed by atoms with E-state index in [1.807, 2.05) is 0 Å². The standard InChI is InChI=1S/C6H14B2O10/c9-1-2(10)3(11)4(12)6(14,8(17)18)5(13)7(15)16/h2-4,9-12,14-18H,1H2/t2-,3-,4+,6-/m1/s1. The van der Waals surface area contributed by atoms with Crippen LogP contribution in [-0.4, -0.2) is 96.0 Å². The van der Waals surface area contributed by atoms with Crippen molar-refractivity contribution in [3.63, 3.8) is 0 Å². The molecule has 0 aliphatic carbocycles. The summed E-state index contributed by atoms with van der Waals surface area (Å²) in [5, 5.41) is 80.4. The normalized spacial score (nSPS) is 19.6. The van der Waals surface area contributed by atoms with E-state index in [2.05, 4.69) is 0 Å². The lowest BCUT2D eigenvalue weighted by atomic mass is 9.53. The molecular weight excluding hydrogens is 254 g/mol. The summed E-state index contributed by atoms with van der Waals surface area (Å²) in [5.41, 5.74) is -5.56. The molecule has 0 rings (SSSR count). The zero-order chi connectivity index (χ0) is 14.7. The Balaban J connectivity index is 5.29. The number of hydrogen-bond acceptors (Lipinski definition) is 10. The maximum absolute atomic E-state index is 11.2. The highest BCUT2D eigenvalue weighted by Gasteiger charge is 2.59. The van der Waals surface area contributed by atoms with E-state index in [-0.39, 0.29) is 0 Å². The number of carbonyl (C=O) groups is 1. The minimum absolute atomic E-state index is 1.06. The lowest BCUT2D eigenvalue weighted by molar-refractivity contribution is -0.156. The molecule has 10 nitrogen and oxygen atoms in total. The molecule has 104 valence electrons. The third-order valence-electron chi connectivity index (χ3n) is 2.38. The molecule has 0 aliphatic heterocycles. The second kappa shape index (κ2) is 6.56. The largest absolute Gasteiger partial charge is 0.529 e. The first-order valence-corrected chi connectivity index (χ1v) is 4.74. The molecule has 0 aromatic heterocycles. The summed E-state index contributed by atoms with van der Waals surface area (Å²) in [6.45, 7) is -1.06. The lowest BCUT2D eigenvalue weighted by Crippen LogP contribution is -2.69. The second-order valence-electron chi connectivity index (χ2n) is 3.62. The van der Waals surface area contributed by atoms with Crippen molar-refractivity contribution < 1.29 is 50.4 Å². The Kier molecular flexibility index (Phi) is 6.36. The highest BCUT2D eigenvalue weighted by Crippen LogP contribution is 2.19. The third-order valence-corrected chi connectivity index (χ3v) is 2.38. The van der Waals surface area contributed by atoms with E-state index in [0.29, 0.717) is 0 Å². The van der Waals surface area contributed by atoms with Gasteiger partial charge in [-0.25, -0.2) is 0 Å². The summed E-state index contributed by atoms with van der Waals surface area (Å²) in [5.74, 6) is 0. The third kappa shape index (κ3) is 3.26. The van der Waals surface area contributed by atoms with Crippen LogP contribution in [0.1, 0.15) is 0 Å². The first kappa shape index (κ1) is 17.4. The van der Waals surface area contributed by atoms with Gasteiger partial charge in [0.2, 0.25) is 0 Å². The average molecular weight is 268 g/mol. The molecule has 9 N–H and O–H groups in total. The van der Waals surface area contributed by atoms with Crippen LogP contribution in [0.3, 0.4) is 0 Å². The summed E-state index contributed by atoms with van der Waals surface area (Å²) in [7, 11) is -5.83. The second-order valence-corrected chi connectivity index (χ2v) is 3.62. The van der Waals surface area contributed by atoms with Gasteiger partial charge < -0.3 is 50.4 Å². The smallest absolute Gasteiger partial charge is 0.425 e. The van der Waals surface area contributed by atoms with Crippen LogP contribution in [0.4, 0.5) is 0 Å². The Morgan fingerprint density at radius 1 is 1.11 bits per heavy atom. The van der Waals surface area contributed by atoms with Crippen molar-refractivity contribution in [1.29, 1.82) is 0 Å². The number of rotatable bonds is 7. The number of hydrogen-bond donors (Lipinski definition) is 9. The van der Waals surface area contributed by atoms with Gasteiger partial charge in [-0.3, -0.25) is 0 Å². The molecule has 0 unspecified atom stereocenters. The topological polar surface area (TPSA) is 199 Å². The first-order valence-electron chi connectivity index (χ1n) is 4.74. The SMILES string of the molecule is O=C(B(O)O)[C@@](O)(B(O)O)[C@@H](O)[C@H](O)[C@H](O)CO. The zero-order valence-corrected chi connectivity index (χ0v) is 9.03. The molecule has 0 saturated carbocycles. The molecule has 0 aromatic carbocycles. The van der Waals surface area contributed by atoms with Crippen LogP contribution >= 0.6 is 0 Å². The minimum Gasteiger partial charge on any atom is -0.425 e. The first-order chi connectivity index (χ1) is 8.10. The molecule has 0 bridgehead atoms. The van der Waals surface area contributed by atoms with E-state index < -0.39 is 50.3 Å². The molecule has 0 heterocycles. The highest BCUT2D eigenvalue weighted by molar-refractivity contribution is 6.84. The molecule has 0 aliphatic rings. The predicted octanol–water partition coefficient (Wildman–Crippen LogP) is -6.61. The number of carbonyl (C=O) groups excluding carboxylic acids is 1. The molecule has 0 fully saturated rings. The van der Waals surface area contributed by atoms with Crippen molar-refractivity contribution in [1.82, 2.24) is 0 Å². The summed E-state index contributed by atoms with van der Waals surface area (Å²) in [6, 6.07) is 0. The van der Waals surface area contributed by atoms with Crippen LogP contribution in [0.25, 0.3) is 0 Å². The number of aliphatic hydroxyl groups is 5. The summed E-state index contributed by atoms with van der Waals surface area (Å²) in [4.78, 5) is 11.2. The zero-order valence-electron chi connectivity index (χ0n) is 9.03. The fourth-order valence-electron chi connectivity index (χ4n) is 1.21. The Hall–Kier alpha value is -0.560. The van der Waals surface area contributed by atoms with Gasteiger partial charge in [0, 0.05) is 0 Å². The van der Waals surface area contributed by atoms with Crippen molar-refractivity contribution in [2.24, 2.45) is 0 Å². The molecule has 4 atom stereocenters. The molecule has 0 radical (unpaired) electrons. The summed E-state index contributed by atoms with van der Waals surface area (Å²) in [6.07, 6.45) is -7.03. The molecule has 0 aromatic rings. The van der Waals surface area contributed by atoms with Gasteiger partial charge in [0.1, 0.15) is 18.3 Å². The highest BCUT2D eigenvalue weighted by atomic mass is 16.4. The Bertz CT molecular complexity index is 286. The van der Waals surface area contributed by atoms with Crippen LogP contribution in [-0.2, 0) is 4.79 Å². The average Bonchev–Trinajstić information content (AvgIpc) is 2.33. The van der Waals surface area contributed by atoms with Crippen LogP contribution in [0.15, 0.2) is 0 Å². The summed E-state index contributed by atoms with van der Waals surface area (Å²) >= 11 is 0. The molecular formula is C6H14B2O10. The Morgan fingerprint density at radius 2 is 1.56 bits per heavy atom. The van der Waals surface area contributed by atoms with Gasteiger partial charge in [0.25, 0.3) is 0 Å². The van der Waals surface area contributed by atoms with E-state index in [4.69, 9.17) is 30.3 Å². The van der Waals surface area contributed by atoms with Crippen LogP contribution in [0.5, 0.6) is 0 Å². The van der Waals surface area contributed by atoms with Crippen molar-refractivity contribution in [2.45, 2.75) is 23.8 Å². The van der Waals surface area contributed by atoms with Gasteiger partial charge in [-0.05, 0) is 0 Å². The van der Waals surface area contributed by atoms with Gasteiger partial charge in [0.15, 0.2) is 11.2 Å². The van der Waals surface area contributed by atoms with Crippen molar-refractivity contribution in [2.75, 3.05) is 6.61 Å². The Labute approximate surface area is 102 Å². The number of aliphatic hydroxyl groups excluding tert-OH is 4. The quantitative estimate of drug-likeness (QED) is 0.200. The van der Waals surface area contributed by atoms with E-state index in [9.17, 15) is 20.1 Å².